The average molecular weight is 439 g/mol. The van der Waals surface area contributed by atoms with Gasteiger partial charge in [0.2, 0.25) is 11.0 Å². The van der Waals surface area contributed by atoms with Crippen LogP contribution in [0.15, 0.2) is 71.1 Å². The third-order valence-corrected chi connectivity index (χ3v) is 6.08. The highest BCUT2D eigenvalue weighted by Crippen LogP contribution is 2.27. The smallest absolute Gasteiger partial charge is 0.257 e. The zero-order valence-corrected chi connectivity index (χ0v) is 17.1. The molecule has 0 atom stereocenters. The summed E-state index contributed by atoms with van der Waals surface area (Å²) >= 11 is 2.37. The van der Waals surface area contributed by atoms with Gasteiger partial charge in [0.05, 0.1) is 5.75 Å². The van der Waals surface area contributed by atoms with E-state index in [-0.39, 0.29) is 22.4 Å². The second kappa shape index (κ2) is 9.02. The van der Waals surface area contributed by atoms with Gasteiger partial charge in [-0.2, -0.15) is 0 Å². The zero-order chi connectivity index (χ0) is 20.9. The van der Waals surface area contributed by atoms with Gasteiger partial charge < -0.3 is 5.32 Å². The Kier molecular flexibility index (Phi) is 6.01. The van der Waals surface area contributed by atoms with Gasteiger partial charge in [0.1, 0.15) is 5.82 Å². The summed E-state index contributed by atoms with van der Waals surface area (Å²) in [6.45, 7) is 0. The fourth-order valence-electron chi connectivity index (χ4n) is 2.77. The van der Waals surface area contributed by atoms with Crippen LogP contribution in [-0.2, 0) is 4.79 Å². The molecule has 1 heterocycles. The number of amides is 2. The summed E-state index contributed by atoms with van der Waals surface area (Å²) in [5, 5.41) is 15.7. The van der Waals surface area contributed by atoms with Crippen molar-refractivity contribution in [2.24, 2.45) is 0 Å². The lowest BCUT2D eigenvalue weighted by molar-refractivity contribution is -0.113. The summed E-state index contributed by atoms with van der Waals surface area (Å²) in [7, 11) is 0. The van der Waals surface area contributed by atoms with Crippen molar-refractivity contribution >= 4 is 56.5 Å². The number of aromatic nitrogens is 2. The number of nitrogens with zero attached hydrogens (tertiary/aromatic N) is 2. The number of thioether (sulfide) groups is 1. The quantitative estimate of drug-likeness (QED) is 0.333. The molecule has 0 fully saturated rings. The van der Waals surface area contributed by atoms with E-state index in [1.54, 1.807) is 0 Å². The van der Waals surface area contributed by atoms with E-state index >= 15 is 0 Å². The fourth-order valence-corrected chi connectivity index (χ4v) is 4.31. The number of halogens is 1. The number of carbonyl (C=O) groups excluding carboxylic acids is 2. The Balaban J connectivity index is 1.34. The molecule has 0 bridgehead atoms. The van der Waals surface area contributed by atoms with Gasteiger partial charge in [0.25, 0.3) is 5.91 Å². The van der Waals surface area contributed by atoms with Crippen LogP contribution in [0.1, 0.15) is 10.4 Å². The molecule has 0 aliphatic heterocycles. The molecule has 6 nitrogen and oxygen atoms in total. The molecule has 3 aromatic carbocycles. The normalized spacial score (nSPS) is 10.7. The number of carbonyl (C=O) groups is 2. The Labute approximate surface area is 179 Å². The van der Waals surface area contributed by atoms with Crippen LogP contribution in [0.4, 0.5) is 15.2 Å². The first-order chi connectivity index (χ1) is 14.6. The Hall–Kier alpha value is -3.30. The summed E-state index contributed by atoms with van der Waals surface area (Å²) in [6, 6.07) is 18.9. The van der Waals surface area contributed by atoms with E-state index in [0.29, 0.717) is 4.34 Å². The zero-order valence-electron chi connectivity index (χ0n) is 15.5. The first kappa shape index (κ1) is 20.0. The molecule has 0 saturated heterocycles. The molecule has 1 aromatic heterocycles. The van der Waals surface area contributed by atoms with Crippen LogP contribution in [0, 0.1) is 5.82 Å². The maximum atomic E-state index is 13.2. The van der Waals surface area contributed by atoms with E-state index in [4.69, 9.17) is 0 Å². The summed E-state index contributed by atoms with van der Waals surface area (Å²) < 4.78 is 13.8. The third-order valence-electron chi connectivity index (χ3n) is 4.10. The molecule has 30 heavy (non-hydrogen) atoms. The average Bonchev–Trinajstić information content (AvgIpc) is 3.20. The van der Waals surface area contributed by atoms with Crippen LogP contribution < -0.4 is 10.6 Å². The Morgan fingerprint density at radius 2 is 1.77 bits per heavy atom. The molecule has 150 valence electrons. The molecule has 0 aliphatic rings. The monoisotopic (exact) mass is 438 g/mol. The van der Waals surface area contributed by atoms with Gasteiger partial charge in [0, 0.05) is 16.6 Å². The van der Waals surface area contributed by atoms with Crippen LogP contribution in [0.3, 0.4) is 0 Å². The molecule has 2 N–H and O–H groups in total. The molecular formula is C21H15FN4O2S2. The number of anilines is 2. The van der Waals surface area contributed by atoms with Gasteiger partial charge in [-0.15, -0.1) is 10.2 Å². The van der Waals surface area contributed by atoms with Crippen molar-refractivity contribution in [3.8, 4) is 0 Å². The largest absolute Gasteiger partial charge is 0.325 e. The molecule has 9 heteroatoms. The second-order valence-electron chi connectivity index (χ2n) is 6.20. The van der Waals surface area contributed by atoms with Crippen molar-refractivity contribution in [1.82, 2.24) is 10.2 Å². The summed E-state index contributed by atoms with van der Waals surface area (Å²) in [6.07, 6.45) is 0. The van der Waals surface area contributed by atoms with E-state index in [1.807, 2.05) is 42.5 Å². The van der Waals surface area contributed by atoms with E-state index in [0.717, 1.165) is 33.9 Å². The highest BCUT2D eigenvalue weighted by Gasteiger charge is 2.13. The molecule has 4 aromatic rings. The lowest BCUT2D eigenvalue weighted by Crippen LogP contribution is -2.14. The maximum absolute atomic E-state index is 13.2. The van der Waals surface area contributed by atoms with Crippen LogP contribution in [-0.4, -0.2) is 27.8 Å². The number of nitrogens with one attached hydrogen (secondary N) is 2. The van der Waals surface area contributed by atoms with Crippen molar-refractivity contribution in [2.45, 2.75) is 4.34 Å². The van der Waals surface area contributed by atoms with Crippen LogP contribution >= 0.6 is 23.1 Å². The first-order valence-corrected chi connectivity index (χ1v) is 10.7. The van der Waals surface area contributed by atoms with Crippen LogP contribution in [0.2, 0.25) is 0 Å². The van der Waals surface area contributed by atoms with Gasteiger partial charge in [-0.3, -0.25) is 14.9 Å². The highest BCUT2D eigenvalue weighted by atomic mass is 32.2. The van der Waals surface area contributed by atoms with Crippen molar-refractivity contribution in [3.63, 3.8) is 0 Å². The number of hydrogen-bond donors (Lipinski definition) is 2. The standard InChI is InChI=1S/C21H15FN4O2S2/c22-15-8-3-7-14(11-15)19(28)24-20-25-26-21(30-20)29-12-18(27)23-17-10-4-6-13-5-1-2-9-16(13)17/h1-11H,12H2,(H,23,27)(H,24,25,28). The molecular weight excluding hydrogens is 423 g/mol. The van der Waals surface area contributed by atoms with E-state index in [2.05, 4.69) is 20.8 Å². The lowest BCUT2D eigenvalue weighted by atomic mass is 10.1. The van der Waals surface area contributed by atoms with Crippen molar-refractivity contribution in [1.29, 1.82) is 0 Å². The van der Waals surface area contributed by atoms with Gasteiger partial charge >= 0.3 is 0 Å². The molecule has 0 aliphatic carbocycles. The Morgan fingerprint density at radius 3 is 2.63 bits per heavy atom. The predicted molar refractivity (Wildman–Crippen MR) is 118 cm³/mol. The number of rotatable bonds is 6. The lowest BCUT2D eigenvalue weighted by Gasteiger charge is -2.08. The molecule has 0 unspecified atom stereocenters. The van der Waals surface area contributed by atoms with Gasteiger partial charge in [-0.25, -0.2) is 4.39 Å². The first-order valence-electron chi connectivity index (χ1n) is 8.89. The summed E-state index contributed by atoms with van der Waals surface area (Å²) in [4.78, 5) is 24.5. The van der Waals surface area contributed by atoms with Crippen molar-refractivity contribution in [3.05, 3.63) is 78.1 Å². The Bertz CT molecular complexity index is 1220. The minimum Gasteiger partial charge on any atom is -0.325 e. The van der Waals surface area contributed by atoms with E-state index in [9.17, 15) is 14.0 Å². The summed E-state index contributed by atoms with van der Waals surface area (Å²) in [5.74, 6) is -0.989. The maximum Gasteiger partial charge on any atom is 0.257 e. The second-order valence-corrected chi connectivity index (χ2v) is 8.40. The Morgan fingerprint density at radius 1 is 0.967 bits per heavy atom. The highest BCUT2D eigenvalue weighted by molar-refractivity contribution is 8.01. The third kappa shape index (κ3) is 4.81. The SMILES string of the molecule is O=C(CSc1nnc(NC(=O)c2cccc(F)c2)s1)Nc1cccc2ccccc12. The topological polar surface area (TPSA) is 84.0 Å². The molecule has 0 saturated carbocycles. The van der Waals surface area contributed by atoms with Crippen molar-refractivity contribution in [2.75, 3.05) is 16.4 Å². The van der Waals surface area contributed by atoms with Crippen molar-refractivity contribution < 1.29 is 14.0 Å². The molecule has 0 radical (unpaired) electrons. The number of fused-ring (bicyclic) bond motifs is 1. The minimum atomic E-state index is -0.492. The number of benzene rings is 3. The summed E-state index contributed by atoms with van der Waals surface area (Å²) in [5.41, 5.74) is 0.938. The van der Waals surface area contributed by atoms with Gasteiger partial charge in [-0.1, -0.05) is 65.6 Å². The van der Waals surface area contributed by atoms with E-state index < -0.39 is 11.7 Å². The van der Waals surface area contributed by atoms with Crippen LogP contribution in [0.5, 0.6) is 0 Å². The van der Waals surface area contributed by atoms with Crippen LogP contribution in [0.25, 0.3) is 10.8 Å². The van der Waals surface area contributed by atoms with E-state index in [1.165, 1.54) is 30.0 Å². The molecule has 4 rings (SSSR count). The molecule has 2 amide bonds. The van der Waals surface area contributed by atoms with Gasteiger partial charge in [-0.05, 0) is 29.7 Å². The number of hydrogen-bond acceptors (Lipinski definition) is 6. The molecule has 0 spiro atoms. The van der Waals surface area contributed by atoms with Gasteiger partial charge in [0.15, 0.2) is 4.34 Å². The predicted octanol–water partition coefficient (Wildman–Crippen LogP) is 4.81. The fraction of sp³-hybridized carbons (Fsp3) is 0.0476. The minimum absolute atomic E-state index is 0.149.